The number of hydrogen-bond donors (Lipinski definition) is 1. The van der Waals surface area contributed by atoms with Gasteiger partial charge in [-0.2, -0.15) is 0 Å². The molecule has 0 spiro atoms. The number of fused-ring (bicyclic) bond motifs is 1. The zero-order valence-electron chi connectivity index (χ0n) is 22.4. The predicted molar refractivity (Wildman–Crippen MR) is 143 cm³/mol. The maximum atomic E-state index is 11.5. The van der Waals surface area contributed by atoms with Crippen LogP contribution in [0, 0.1) is 5.41 Å². The fourth-order valence-corrected chi connectivity index (χ4v) is 5.01. The van der Waals surface area contributed by atoms with Crippen molar-refractivity contribution < 1.29 is 5.11 Å². The van der Waals surface area contributed by atoms with Crippen LogP contribution in [-0.2, 0) is 12.0 Å². The van der Waals surface area contributed by atoms with E-state index in [4.69, 9.17) is 10.2 Å². The number of phenols is 1. The lowest BCUT2D eigenvalue weighted by atomic mass is 9.72. The average Bonchev–Trinajstić information content (AvgIpc) is 3.19. The van der Waals surface area contributed by atoms with Gasteiger partial charge in [-0.15, -0.1) is 15.0 Å². The third-order valence-electron chi connectivity index (χ3n) is 6.47. The van der Waals surface area contributed by atoms with Gasteiger partial charge in [-0.05, 0) is 66.9 Å². The minimum Gasteiger partial charge on any atom is -0.505 e. The molecule has 2 aromatic carbocycles. The first-order chi connectivity index (χ1) is 16.0. The second kappa shape index (κ2) is 10.9. The molecule has 0 bridgehead atoms. The molecule has 0 fully saturated rings. The molecule has 5 nitrogen and oxygen atoms in total. The van der Waals surface area contributed by atoms with E-state index < -0.39 is 0 Å². The first-order valence-corrected chi connectivity index (χ1v) is 13.0. The second-order valence-electron chi connectivity index (χ2n) is 11.6. The Morgan fingerprint density at radius 2 is 1.44 bits per heavy atom. The minimum absolute atomic E-state index is 0.0559. The molecule has 0 amide bonds. The number of unbranched alkanes of at least 4 members (excludes halogenated alkanes) is 2. The van der Waals surface area contributed by atoms with Crippen LogP contribution in [0.4, 0.5) is 0 Å². The summed E-state index contributed by atoms with van der Waals surface area (Å²) in [5, 5.41) is 20.8. The van der Waals surface area contributed by atoms with Gasteiger partial charge in [0.15, 0.2) is 0 Å². The fraction of sp³-hybridized carbons (Fsp3) is 0.586. The molecule has 0 aliphatic heterocycles. The molecule has 5 heteroatoms. The van der Waals surface area contributed by atoms with Crippen molar-refractivity contribution in [3.63, 3.8) is 0 Å². The Balaban J connectivity index is 2.10. The van der Waals surface area contributed by atoms with Crippen molar-refractivity contribution in [1.82, 2.24) is 19.9 Å². The van der Waals surface area contributed by atoms with Gasteiger partial charge in [0.2, 0.25) is 0 Å². The zero-order chi connectivity index (χ0) is 24.9. The van der Waals surface area contributed by atoms with Crippen molar-refractivity contribution in [1.29, 1.82) is 0 Å². The lowest BCUT2D eigenvalue weighted by Crippen LogP contribution is -2.27. The molecule has 1 heterocycles. The number of phenolic OH excluding ortho intramolecular Hbond substituents is 1. The SMILES string of the molecule is CCCCN(CCCC)Cc1cc(C(C)(C)CC(C)(C)C)cc(-n2nc3ccccc3n2)c1O. The van der Waals surface area contributed by atoms with Crippen LogP contribution in [0.1, 0.15) is 91.7 Å². The summed E-state index contributed by atoms with van der Waals surface area (Å²) < 4.78 is 0. The van der Waals surface area contributed by atoms with E-state index >= 15 is 0 Å². The first-order valence-electron chi connectivity index (χ1n) is 13.0. The molecule has 0 saturated carbocycles. The van der Waals surface area contributed by atoms with Gasteiger partial charge in [0.25, 0.3) is 0 Å². The number of nitrogens with zero attached hydrogens (tertiary/aromatic N) is 4. The first kappa shape index (κ1) is 26.2. The summed E-state index contributed by atoms with van der Waals surface area (Å²) in [6, 6.07) is 12.2. The second-order valence-corrected chi connectivity index (χ2v) is 11.6. The molecule has 3 aromatic rings. The Morgan fingerprint density at radius 3 is 1.94 bits per heavy atom. The van der Waals surface area contributed by atoms with Gasteiger partial charge in [-0.25, -0.2) is 0 Å². The zero-order valence-corrected chi connectivity index (χ0v) is 22.4. The number of benzene rings is 2. The molecule has 34 heavy (non-hydrogen) atoms. The summed E-state index contributed by atoms with van der Waals surface area (Å²) in [6.07, 6.45) is 5.70. The van der Waals surface area contributed by atoms with Crippen LogP contribution < -0.4 is 0 Å². The monoisotopic (exact) mass is 464 g/mol. The van der Waals surface area contributed by atoms with E-state index in [2.05, 4.69) is 65.5 Å². The smallest absolute Gasteiger partial charge is 0.147 e. The molecular formula is C29H44N4O. The molecular weight excluding hydrogens is 420 g/mol. The van der Waals surface area contributed by atoms with Crippen molar-refractivity contribution in [3.8, 4) is 11.4 Å². The van der Waals surface area contributed by atoms with Gasteiger partial charge in [-0.1, -0.05) is 79.5 Å². The molecule has 0 aliphatic rings. The van der Waals surface area contributed by atoms with E-state index in [1.807, 2.05) is 24.3 Å². The minimum atomic E-state index is -0.0559. The summed E-state index contributed by atoms with van der Waals surface area (Å²) in [7, 11) is 0. The average molecular weight is 465 g/mol. The van der Waals surface area contributed by atoms with Crippen LogP contribution in [0.3, 0.4) is 0 Å². The topological polar surface area (TPSA) is 54.2 Å². The summed E-state index contributed by atoms with van der Waals surface area (Å²) >= 11 is 0. The van der Waals surface area contributed by atoms with Gasteiger partial charge in [-0.3, -0.25) is 4.90 Å². The normalized spacial score (nSPS) is 12.7. The van der Waals surface area contributed by atoms with E-state index in [1.54, 1.807) is 4.80 Å². The third kappa shape index (κ3) is 6.59. The fourth-order valence-electron chi connectivity index (χ4n) is 5.01. The van der Waals surface area contributed by atoms with Crippen LogP contribution in [0.2, 0.25) is 0 Å². The highest BCUT2D eigenvalue weighted by atomic mass is 16.3. The number of aromatic nitrogens is 3. The van der Waals surface area contributed by atoms with Gasteiger partial charge in [0.1, 0.15) is 22.5 Å². The van der Waals surface area contributed by atoms with E-state index in [9.17, 15) is 5.11 Å². The Hall–Kier alpha value is -2.40. The van der Waals surface area contributed by atoms with Gasteiger partial charge in [0, 0.05) is 12.1 Å². The van der Waals surface area contributed by atoms with E-state index in [-0.39, 0.29) is 16.6 Å². The lowest BCUT2D eigenvalue weighted by molar-refractivity contribution is 0.252. The van der Waals surface area contributed by atoms with Crippen molar-refractivity contribution in [3.05, 3.63) is 47.5 Å². The van der Waals surface area contributed by atoms with Crippen LogP contribution in [0.5, 0.6) is 5.75 Å². The molecule has 3 rings (SSSR count). The van der Waals surface area contributed by atoms with Gasteiger partial charge in [0.05, 0.1) is 0 Å². The molecule has 0 saturated heterocycles. The van der Waals surface area contributed by atoms with Crippen molar-refractivity contribution in [2.75, 3.05) is 13.1 Å². The van der Waals surface area contributed by atoms with Crippen molar-refractivity contribution in [2.45, 2.75) is 92.5 Å². The molecule has 0 atom stereocenters. The highest BCUT2D eigenvalue weighted by Crippen LogP contribution is 2.40. The van der Waals surface area contributed by atoms with Gasteiger partial charge >= 0.3 is 0 Å². The van der Waals surface area contributed by atoms with Crippen LogP contribution in [-0.4, -0.2) is 38.1 Å². The molecule has 0 unspecified atom stereocenters. The number of aromatic hydroxyl groups is 1. The molecule has 0 radical (unpaired) electrons. The van der Waals surface area contributed by atoms with Crippen LogP contribution in [0.25, 0.3) is 16.7 Å². The summed E-state index contributed by atoms with van der Waals surface area (Å²) in [4.78, 5) is 4.10. The Bertz CT molecular complexity index is 1040. The summed E-state index contributed by atoms with van der Waals surface area (Å²) in [5.74, 6) is 0.286. The van der Waals surface area contributed by atoms with Gasteiger partial charge < -0.3 is 5.11 Å². The number of rotatable bonds is 11. The third-order valence-corrected chi connectivity index (χ3v) is 6.47. The van der Waals surface area contributed by atoms with Crippen LogP contribution >= 0.6 is 0 Å². The molecule has 1 aromatic heterocycles. The number of hydrogen-bond acceptors (Lipinski definition) is 4. The molecule has 0 aliphatic carbocycles. The predicted octanol–water partition coefficient (Wildman–Crippen LogP) is 7.24. The maximum absolute atomic E-state index is 11.5. The quantitative estimate of drug-likeness (QED) is 0.325. The summed E-state index contributed by atoms with van der Waals surface area (Å²) in [5.41, 5.74) is 4.64. The Morgan fingerprint density at radius 1 is 0.882 bits per heavy atom. The largest absolute Gasteiger partial charge is 0.505 e. The highest BCUT2D eigenvalue weighted by Gasteiger charge is 2.29. The lowest BCUT2D eigenvalue weighted by Gasteiger charge is -2.34. The molecule has 1 N–H and O–H groups in total. The summed E-state index contributed by atoms with van der Waals surface area (Å²) in [6.45, 7) is 18.8. The van der Waals surface area contributed by atoms with E-state index in [0.29, 0.717) is 5.69 Å². The highest BCUT2D eigenvalue weighted by molar-refractivity contribution is 5.73. The van der Waals surface area contributed by atoms with E-state index in [0.717, 1.165) is 42.7 Å². The van der Waals surface area contributed by atoms with Crippen molar-refractivity contribution >= 4 is 11.0 Å². The Kier molecular flexibility index (Phi) is 8.40. The van der Waals surface area contributed by atoms with Crippen LogP contribution in [0.15, 0.2) is 36.4 Å². The Labute approximate surface area is 206 Å². The van der Waals surface area contributed by atoms with Crippen molar-refractivity contribution in [2.24, 2.45) is 5.41 Å². The standard InChI is InChI=1S/C29H44N4O/c1-8-10-16-32(17-11-9-2)20-22-18-23(29(6,7)21-28(3,4)5)19-26(27(22)34)33-30-24-14-12-13-15-25(24)31-33/h12-15,18-19,34H,8-11,16-17,20-21H2,1-7H3. The van der Waals surface area contributed by atoms with E-state index in [1.165, 1.54) is 31.2 Å². The molecule has 186 valence electrons. The maximum Gasteiger partial charge on any atom is 0.147 e.